The monoisotopic (exact) mass is 486 g/mol. The van der Waals surface area contributed by atoms with Gasteiger partial charge in [-0.3, -0.25) is 9.10 Å². The van der Waals surface area contributed by atoms with Crippen molar-refractivity contribution < 1.29 is 17.9 Å². The van der Waals surface area contributed by atoms with Gasteiger partial charge in [0, 0.05) is 17.6 Å². The van der Waals surface area contributed by atoms with Crippen LogP contribution < -0.4 is 14.4 Å². The number of nitrogens with one attached hydrogen (secondary N) is 1. The number of aryl methyl sites for hydroxylation is 1. The lowest BCUT2D eigenvalue weighted by molar-refractivity contribution is 0.0935. The van der Waals surface area contributed by atoms with E-state index in [1.807, 2.05) is 32.0 Å². The highest BCUT2D eigenvalue weighted by molar-refractivity contribution is 7.92. The number of anilines is 1. The number of sulfonamides is 1. The van der Waals surface area contributed by atoms with Crippen LogP contribution in [0.3, 0.4) is 0 Å². The molecule has 3 aromatic carbocycles. The zero-order valence-electron chi connectivity index (χ0n) is 19.0. The number of rotatable bonds is 8. The van der Waals surface area contributed by atoms with E-state index in [0.29, 0.717) is 16.3 Å². The molecule has 0 heterocycles. The molecule has 0 aliphatic rings. The van der Waals surface area contributed by atoms with Crippen LogP contribution in [-0.4, -0.2) is 28.5 Å². The minimum atomic E-state index is -3.75. The van der Waals surface area contributed by atoms with E-state index in [2.05, 4.69) is 5.32 Å². The lowest BCUT2D eigenvalue weighted by Crippen LogP contribution is -2.29. The van der Waals surface area contributed by atoms with E-state index in [4.69, 9.17) is 16.3 Å². The third kappa shape index (κ3) is 5.49. The third-order valence-electron chi connectivity index (χ3n) is 5.50. The van der Waals surface area contributed by atoms with E-state index < -0.39 is 10.0 Å². The number of hydrogen-bond acceptors (Lipinski definition) is 4. The molecule has 174 valence electrons. The molecule has 6 nitrogen and oxygen atoms in total. The number of halogens is 1. The molecule has 0 fully saturated rings. The summed E-state index contributed by atoms with van der Waals surface area (Å²) in [5.74, 6) is 0.568. The molecule has 8 heteroatoms. The summed E-state index contributed by atoms with van der Waals surface area (Å²) in [6.45, 7) is 3.97. The molecule has 3 rings (SSSR count). The van der Waals surface area contributed by atoms with Gasteiger partial charge in [-0.15, -0.1) is 0 Å². The van der Waals surface area contributed by atoms with Crippen molar-refractivity contribution in [3.05, 3.63) is 88.4 Å². The summed E-state index contributed by atoms with van der Waals surface area (Å²) in [4.78, 5) is 13.0. The quantitative estimate of drug-likeness (QED) is 0.465. The van der Waals surface area contributed by atoms with Crippen molar-refractivity contribution in [2.75, 3.05) is 18.5 Å². The normalized spacial score (nSPS) is 12.2. The van der Waals surface area contributed by atoms with E-state index in [1.165, 1.54) is 35.6 Å². The smallest absolute Gasteiger partial charge is 0.264 e. The summed E-state index contributed by atoms with van der Waals surface area (Å²) in [7, 11) is -0.649. The Bertz CT molecular complexity index is 1230. The van der Waals surface area contributed by atoms with Crippen molar-refractivity contribution in [2.24, 2.45) is 0 Å². The molecule has 0 aliphatic carbocycles. The molecule has 33 heavy (non-hydrogen) atoms. The molecule has 1 amide bonds. The first kappa shape index (κ1) is 24.6. The standard InChI is InChI=1S/C25H27ClN2O4S/c1-5-23(19-8-15-24(32-4)17(2)16-19)27-25(29)18-6-11-21(12-7-18)28(3)33(30,31)22-13-9-20(26)10-14-22/h6-16,23H,5H2,1-4H3,(H,27,29). The van der Waals surface area contributed by atoms with Gasteiger partial charge in [-0.05, 0) is 79.1 Å². The molecule has 0 aliphatic heterocycles. The van der Waals surface area contributed by atoms with Gasteiger partial charge in [-0.2, -0.15) is 0 Å². The summed E-state index contributed by atoms with van der Waals surface area (Å²) < 4.78 is 32.2. The Balaban J connectivity index is 1.75. The number of amides is 1. The Morgan fingerprint density at radius 2 is 1.70 bits per heavy atom. The highest BCUT2D eigenvalue weighted by Crippen LogP contribution is 2.26. The largest absolute Gasteiger partial charge is 0.496 e. The fourth-order valence-electron chi connectivity index (χ4n) is 3.51. The van der Waals surface area contributed by atoms with Crippen LogP contribution in [0.4, 0.5) is 5.69 Å². The SMILES string of the molecule is CCC(NC(=O)c1ccc(N(C)S(=O)(=O)c2ccc(Cl)cc2)cc1)c1ccc(OC)c(C)c1. The first-order valence-electron chi connectivity index (χ1n) is 10.5. The number of ether oxygens (including phenoxy) is 1. The van der Waals surface area contributed by atoms with Crippen LogP contribution in [0.15, 0.2) is 71.6 Å². The summed E-state index contributed by atoms with van der Waals surface area (Å²) in [5, 5.41) is 3.51. The highest BCUT2D eigenvalue weighted by atomic mass is 35.5. The van der Waals surface area contributed by atoms with Gasteiger partial charge in [-0.1, -0.05) is 30.7 Å². The lowest BCUT2D eigenvalue weighted by atomic mass is 10.0. The van der Waals surface area contributed by atoms with Crippen molar-refractivity contribution in [3.8, 4) is 5.75 Å². The maximum Gasteiger partial charge on any atom is 0.264 e. The Labute approximate surface area is 200 Å². The van der Waals surface area contributed by atoms with Gasteiger partial charge in [0.2, 0.25) is 0 Å². The summed E-state index contributed by atoms with van der Waals surface area (Å²) in [5.41, 5.74) is 2.88. The minimum absolute atomic E-state index is 0.136. The van der Waals surface area contributed by atoms with Crippen molar-refractivity contribution in [2.45, 2.75) is 31.2 Å². The lowest BCUT2D eigenvalue weighted by Gasteiger charge is -2.21. The molecule has 0 aromatic heterocycles. The summed E-state index contributed by atoms with van der Waals surface area (Å²) in [6, 6.07) is 18.1. The van der Waals surface area contributed by atoms with Gasteiger partial charge in [0.25, 0.3) is 15.9 Å². The summed E-state index contributed by atoms with van der Waals surface area (Å²) in [6.07, 6.45) is 0.720. The van der Waals surface area contributed by atoms with Crippen LogP contribution in [-0.2, 0) is 10.0 Å². The van der Waals surface area contributed by atoms with Crippen LogP contribution in [0.2, 0.25) is 5.02 Å². The highest BCUT2D eigenvalue weighted by Gasteiger charge is 2.22. The molecule has 0 bridgehead atoms. The van der Waals surface area contributed by atoms with Crippen molar-refractivity contribution in [1.29, 1.82) is 0 Å². The van der Waals surface area contributed by atoms with E-state index >= 15 is 0 Å². The van der Waals surface area contributed by atoms with Gasteiger partial charge >= 0.3 is 0 Å². The molecule has 0 spiro atoms. The van der Waals surface area contributed by atoms with Crippen molar-refractivity contribution in [3.63, 3.8) is 0 Å². The predicted molar refractivity (Wildman–Crippen MR) is 132 cm³/mol. The van der Waals surface area contributed by atoms with E-state index in [1.54, 1.807) is 31.4 Å². The average Bonchev–Trinajstić information content (AvgIpc) is 2.82. The zero-order valence-corrected chi connectivity index (χ0v) is 20.6. The van der Waals surface area contributed by atoms with Gasteiger partial charge in [0.1, 0.15) is 5.75 Å². The third-order valence-corrected chi connectivity index (χ3v) is 7.55. The topological polar surface area (TPSA) is 75.7 Å². The van der Waals surface area contributed by atoms with Crippen molar-refractivity contribution >= 4 is 33.2 Å². The average molecular weight is 487 g/mol. The Kier molecular flexibility index (Phi) is 7.66. The maximum absolute atomic E-state index is 12.9. The van der Waals surface area contributed by atoms with E-state index in [-0.39, 0.29) is 16.8 Å². The number of benzene rings is 3. The summed E-state index contributed by atoms with van der Waals surface area (Å²) >= 11 is 5.86. The minimum Gasteiger partial charge on any atom is -0.496 e. The second-order valence-corrected chi connectivity index (χ2v) is 10.0. The van der Waals surface area contributed by atoms with Crippen LogP contribution in [0.1, 0.15) is 40.9 Å². The number of hydrogen-bond donors (Lipinski definition) is 1. The zero-order chi connectivity index (χ0) is 24.2. The molecule has 1 unspecified atom stereocenters. The molecular weight excluding hydrogens is 460 g/mol. The Morgan fingerprint density at radius 3 is 2.24 bits per heavy atom. The molecule has 3 aromatic rings. The van der Waals surface area contributed by atoms with Gasteiger partial charge < -0.3 is 10.1 Å². The van der Waals surface area contributed by atoms with E-state index in [0.717, 1.165) is 23.3 Å². The molecule has 1 N–H and O–H groups in total. The van der Waals surface area contributed by atoms with Gasteiger partial charge in [-0.25, -0.2) is 8.42 Å². The van der Waals surface area contributed by atoms with Crippen LogP contribution in [0, 0.1) is 6.92 Å². The van der Waals surface area contributed by atoms with Crippen molar-refractivity contribution in [1.82, 2.24) is 5.32 Å². The Hall–Kier alpha value is -3.03. The first-order chi connectivity index (χ1) is 15.7. The first-order valence-corrected chi connectivity index (χ1v) is 12.3. The second kappa shape index (κ2) is 10.3. The second-order valence-electron chi connectivity index (χ2n) is 7.64. The molecule has 0 saturated heterocycles. The number of carbonyl (C=O) groups excluding carboxylic acids is 1. The van der Waals surface area contributed by atoms with Crippen LogP contribution in [0.25, 0.3) is 0 Å². The maximum atomic E-state index is 12.9. The predicted octanol–water partition coefficient (Wildman–Crippen LogP) is 5.36. The molecule has 1 atom stereocenters. The number of nitrogens with zero attached hydrogens (tertiary/aromatic N) is 1. The fraction of sp³-hybridized carbons (Fsp3) is 0.240. The number of methoxy groups -OCH3 is 1. The van der Waals surface area contributed by atoms with Crippen LogP contribution >= 0.6 is 11.6 Å². The molecular formula is C25H27ClN2O4S. The fourth-order valence-corrected chi connectivity index (χ4v) is 4.83. The van der Waals surface area contributed by atoms with Gasteiger partial charge in [0.15, 0.2) is 0 Å². The Morgan fingerprint density at radius 1 is 1.06 bits per heavy atom. The van der Waals surface area contributed by atoms with Gasteiger partial charge in [0.05, 0.1) is 23.7 Å². The molecule has 0 radical (unpaired) electrons. The number of carbonyl (C=O) groups is 1. The molecule has 0 saturated carbocycles. The van der Waals surface area contributed by atoms with Crippen LogP contribution in [0.5, 0.6) is 5.75 Å². The van der Waals surface area contributed by atoms with E-state index in [9.17, 15) is 13.2 Å².